The highest BCUT2D eigenvalue weighted by Gasteiger charge is 2.30. The molecule has 1 unspecified atom stereocenters. The van der Waals surface area contributed by atoms with E-state index in [-0.39, 0.29) is 17.8 Å². The summed E-state index contributed by atoms with van der Waals surface area (Å²) in [5.74, 6) is -0.536. The van der Waals surface area contributed by atoms with Crippen LogP contribution < -0.4 is 0 Å². The second-order valence-electron chi connectivity index (χ2n) is 4.97. The molecule has 1 amide bonds. The Morgan fingerprint density at radius 1 is 1.48 bits per heavy atom. The Bertz CT molecular complexity index is 550. The zero-order chi connectivity index (χ0) is 15.4. The van der Waals surface area contributed by atoms with E-state index >= 15 is 0 Å². The van der Waals surface area contributed by atoms with Gasteiger partial charge in [0.25, 0.3) is 5.91 Å². The lowest BCUT2D eigenvalue weighted by atomic mass is 9.97. The number of esters is 1. The standard InChI is InChI=1S/C15H17BrClNO3/c1-2-21-15(20)10-4-3-7-18(9-10)14(19)12-6-5-11(17)8-13(12)16/h5-6,8,10H,2-4,7,9H2,1H3. The molecule has 6 heteroatoms. The second kappa shape index (κ2) is 7.27. The number of benzene rings is 1. The highest BCUT2D eigenvalue weighted by Crippen LogP contribution is 2.25. The summed E-state index contributed by atoms with van der Waals surface area (Å²) in [6.07, 6.45) is 1.57. The third kappa shape index (κ3) is 3.98. The first-order valence-corrected chi connectivity index (χ1v) is 8.11. The molecule has 0 bridgehead atoms. The number of likely N-dealkylation sites (tertiary alicyclic amines) is 1. The van der Waals surface area contributed by atoms with Crippen LogP contribution in [0.4, 0.5) is 0 Å². The Balaban J connectivity index is 2.10. The predicted octanol–water partition coefficient (Wildman–Crippen LogP) is 3.52. The summed E-state index contributed by atoms with van der Waals surface area (Å²) in [5, 5.41) is 0.571. The number of nitrogens with zero attached hydrogens (tertiary/aromatic N) is 1. The van der Waals surface area contributed by atoms with Crippen LogP contribution in [0.25, 0.3) is 0 Å². The van der Waals surface area contributed by atoms with E-state index in [4.69, 9.17) is 16.3 Å². The van der Waals surface area contributed by atoms with E-state index < -0.39 is 0 Å². The molecule has 1 aromatic carbocycles. The topological polar surface area (TPSA) is 46.6 Å². The van der Waals surface area contributed by atoms with Crippen LogP contribution in [-0.2, 0) is 9.53 Å². The fourth-order valence-electron chi connectivity index (χ4n) is 2.45. The second-order valence-corrected chi connectivity index (χ2v) is 6.26. The fraction of sp³-hybridized carbons (Fsp3) is 0.467. The number of hydrogen-bond acceptors (Lipinski definition) is 3. The maximum absolute atomic E-state index is 12.6. The molecule has 1 heterocycles. The van der Waals surface area contributed by atoms with Crippen LogP contribution in [0, 0.1) is 5.92 Å². The molecule has 1 fully saturated rings. The summed E-state index contributed by atoms with van der Waals surface area (Å²) in [6.45, 7) is 3.22. The van der Waals surface area contributed by atoms with Gasteiger partial charge in [0.05, 0.1) is 18.1 Å². The molecule has 1 aromatic rings. The average molecular weight is 375 g/mol. The van der Waals surface area contributed by atoms with Crippen LogP contribution in [0.5, 0.6) is 0 Å². The van der Waals surface area contributed by atoms with Gasteiger partial charge in [-0.25, -0.2) is 0 Å². The number of carbonyl (C=O) groups is 2. The normalized spacial score (nSPS) is 18.4. The number of amides is 1. The number of ether oxygens (including phenoxy) is 1. The van der Waals surface area contributed by atoms with Crippen molar-refractivity contribution in [1.29, 1.82) is 0 Å². The zero-order valence-electron chi connectivity index (χ0n) is 11.8. The molecule has 0 aromatic heterocycles. The summed E-state index contributed by atoms with van der Waals surface area (Å²) in [6, 6.07) is 5.08. The summed E-state index contributed by atoms with van der Waals surface area (Å²) < 4.78 is 5.72. The summed E-state index contributed by atoms with van der Waals surface area (Å²) >= 11 is 9.25. The Kier molecular flexibility index (Phi) is 5.65. The minimum Gasteiger partial charge on any atom is -0.466 e. The lowest BCUT2D eigenvalue weighted by Crippen LogP contribution is -2.42. The van der Waals surface area contributed by atoms with E-state index in [1.165, 1.54) is 0 Å². The van der Waals surface area contributed by atoms with Gasteiger partial charge >= 0.3 is 5.97 Å². The van der Waals surface area contributed by atoms with E-state index in [9.17, 15) is 9.59 Å². The van der Waals surface area contributed by atoms with Crippen molar-refractivity contribution < 1.29 is 14.3 Å². The molecule has 0 spiro atoms. The fourth-order valence-corrected chi connectivity index (χ4v) is 3.30. The average Bonchev–Trinajstić information content (AvgIpc) is 2.47. The maximum atomic E-state index is 12.6. The lowest BCUT2D eigenvalue weighted by Gasteiger charge is -2.31. The number of piperidine rings is 1. The van der Waals surface area contributed by atoms with Gasteiger partial charge in [-0.15, -0.1) is 0 Å². The first kappa shape index (κ1) is 16.3. The van der Waals surface area contributed by atoms with E-state index in [1.807, 2.05) is 0 Å². The van der Waals surface area contributed by atoms with E-state index in [2.05, 4.69) is 15.9 Å². The number of carbonyl (C=O) groups excluding carboxylic acids is 2. The molecular weight excluding hydrogens is 358 g/mol. The maximum Gasteiger partial charge on any atom is 0.310 e. The molecule has 114 valence electrons. The van der Waals surface area contributed by atoms with E-state index in [1.54, 1.807) is 30.0 Å². The molecule has 4 nitrogen and oxygen atoms in total. The predicted molar refractivity (Wildman–Crippen MR) is 84.4 cm³/mol. The Morgan fingerprint density at radius 3 is 2.90 bits per heavy atom. The van der Waals surface area contributed by atoms with Gasteiger partial charge in [0.15, 0.2) is 0 Å². The molecule has 0 radical (unpaired) electrons. The lowest BCUT2D eigenvalue weighted by molar-refractivity contribution is -0.149. The summed E-state index contributed by atoms with van der Waals surface area (Å²) in [4.78, 5) is 26.1. The van der Waals surface area contributed by atoms with Gasteiger partial charge in [-0.05, 0) is 53.9 Å². The van der Waals surface area contributed by atoms with Crippen LogP contribution in [0.1, 0.15) is 30.1 Å². The molecule has 0 aliphatic carbocycles. The van der Waals surface area contributed by atoms with Crippen LogP contribution in [0.15, 0.2) is 22.7 Å². The molecule has 1 aliphatic heterocycles. The molecule has 1 saturated heterocycles. The van der Waals surface area contributed by atoms with Crippen molar-refractivity contribution in [2.75, 3.05) is 19.7 Å². The Labute approximate surface area is 137 Å². The molecule has 21 heavy (non-hydrogen) atoms. The molecular formula is C15H17BrClNO3. The number of hydrogen-bond donors (Lipinski definition) is 0. The van der Waals surface area contributed by atoms with Crippen molar-refractivity contribution in [3.63, 3.8) is 0 Å². The molecule has 1 aliphatic rings. The SMILES string of the molecule is CCOC(=O)C1CCCN(C(=O)c2ccc(Cl)cc2Br)C1. The number of halogens is 2. The van der Waals surface area contributed by atoms with Crippen LogP contribution in [0.3, 0.4) is 0 Å². The monoisotopic (exact) mass is 373 g/mol. The van der Waals surface area contributed by atoms with Crippen LogP contribution in [-0.4, -0.2) is 36.5 Å². The van der Waals surface area contributed by atoms with Gasteiger partial charge < -0.3 is 9.64 Å². The van der Waals surface area contributed by atoms with Crippen molar-refractivity contribution >= 4 is 39.4 Å². The zero-order valence-corrected chi connectivity index (χ0v) is 14.1. The van der Waals surface area contributed by atoms with Gasteiger partial charge in [-0.3, -0.25) is 9.59 Å². The first-order chi connectivity index (χ1) is 10.0. The summed E-state index contributed by atoms with van der Waals surface area (Å²) in [7, 11) is 0. The summed E-state index contributed by atoms with van der Waals surface area (Å²) in [5.41, 5.74) is 0.559. The third-order valence-corrected chi connectivity index (χ3v) is 4.38. The Hall–Kier alpha value is -1.07. The highest BCUT2D eigenvalue weighted by molar-refractivity contribution is 9.10. The molecule has 2 rings (SSSR count). The van der Waals surface area contributed by atoms with Gasteiger partial charge in [0.2, 0.25) is 0 Å². The minimum atomic E-state index is -0.228. The van der Waals surface area contributed by atoms with Gasteiger partial charge in [-0.1, -0.05) is 11.6 Å². The van der Waals surface area contributed by atoms with Gasteiger partial charge in [0, 0.05) is 22.6 Å². The highest BCUT2D eigenvalue weighted by atomic mass is 79.9. The molecule has 1 atom stereocenters. The van der Waals surface area contributed by atoms with Gasteiger partial charge in [0.1, 0.15) is 0 Å². The molecule has 0 N–H and O–H groups in total. The van der Waals surface area contributed by atoms with E-state index in [0.29, 0.717) is 34.8 Å². The van der Waals surface area contributed by atoms with E-state index in [0.717, 1.165) is 12.8 Å². The first-order valence-electron chi connectivity index (χ1n) is 6.94. The van der Waals surface area contributed by atoms with Crippen molar-refractivity contribution in [2.45, 2.75) is 19.8 Å². The van der Waals surface area contributed by atoms with Crippen molar-refractivity contribution in [2.24, 2.45) is 5.92 Å². The number of rotatable bonds is 3. The minimum absolute atomic E-state index is 0.0902. The largest absolute Gasteiger partial charge is 0.466 e. The van der Waals surface area contributed by atoms with Crippen LogP contribution >= 0.6 is 27.5 Å². The molecule has 0 saturated carbocycles. The smallest absolute Gasteiger partial charge is 0.310 e. The van der Waals surface area contributed by atoms with Crippen molar-refractivity contribution in [3.05, 3.63) is 33.3 Å². The van der Waals surface area contributed by atoms with Crippen LogP contribution in [0.2, 0.25) is 5.02 Å². The van der Waals surface area contributed by atoms with Crippen molar-refractivity contribution in [1.82, 2.24) is 4.90 Å². The Morgan fingerprint density at radius 2 is 2.24 bits per heavy atom. The van der Waals surface area contributed by atoms with Gasteiger partial charge in [-0.2, -0.15) is 0 Å². The quantitative estimate of drug-likeness (QED) is 0.761. The third-order valence-electron chi connectivity index (χ3n) is 3.49. The van der Waals surface area contributed by atoms with Crippen molar-refractivity contribution in [3.8, 4) is 0 Å².